The summed E-state index contributed by atoms with van der Waals surface area (Å²) in [5.41, 5.74) is 4.95. The summed E-state index contributed by atoms with van der Waals surface area (Å²) < 4.78 is 76.8. The van der Waals surface area contributed by atoms with Crippen molar-refractivity contribution >= 4 is 72.5 Å². The van der Waals surface area contributed by atoms with E-state index in [1.165, 1.54) is 54.6 Å². The summed E-state index contributed by atoms with van der Waals surface area (Å²) >= 11 is 12.4. The summed E-state index contributed by atoms with van der Waals surface area (Å²) in [5, 5.41) is 20.3. The van der Waals surface area contributed by atoms with Crippen molar-refractivity contribution in [3.63, 3.8) is 0 Å². The Labute approximate surface area is 332 Å². The molecule has 20 heteroatoms. The van der Waals surface area contributed by atoms with Gasteiger partial charge in [0.1, 0.15) is 48.5 Å². The van der Waals surface area contributed by atoms with Crippen molar-refractivity contribution in [2.45, 2.75) is 9.79 Å². The number of aromatic hydroxyl groups is 1. The highest BCUT2D eigenvalue weighted by Gasteiger charge is 2.24. The van der Waals surface area contributed by atoms with Crippen LogP contribution in [0.1, 0.15) is 31.1 Å². The minimum absolute atomic E-state index is 0.0513. The summed E-state index contributed by atoms with van der Waals surface area (Å²) in [4.78, 5) is 43.7. The number of hydrogen-bond donors (Lipinski definition) is 5. The maximum absolute atomic E-state index is 13.8. The normalized spacial score (nSPS) is 11.4. The number of pyridine rings is 2. The van der Waals surface area contributed by atoms with Gasteiger partial charge in [0.05, 0.1) is 11.4 Å². The molecule has 6 rings (SSSR count). The molecule has 0 aliphatic carbocycles. The second-order valence-electron chi connectivity index (χ2n) is 11.8. The molecule has 0 fully saturated rings. The van der Waals surface area contributed by atoms with E-state index in [9.17, 15) is 45.8 Å². The maximum atomic E-state index is 13.8. The Morgan fingerprint density at radius 3 is 1.77 bits per heavy atom. The molecule has 0 saturated carbocycles. The first kappa shape index (κ1) is 40.1. The van der Waals surface area contributed by atoms with Gasteiger partial charge >= 0.3 is 11.9 Å². The highest BCUT2D eigenvalue weighted by atomic mass is 35.5. The molecule has 6 aromatic rings. The Morgan fingerprint density at radius 1 is 0.702 bits per heavy atom. The van der Waals surface area contributed by atoms with E-state index >= 15 is 0 Å². The van der Waals surface area contributed by atoms with Gasteiger partial charge in [0.25, 0.3) is 20.0 Å². The molecule has 0 spiro atoms. The van der Waals surface area contributed by atoms with Crippen molar-refractivity contribution in [1.82, 2.24) is 9.97 Å². The number of amides is 1. The zero-order chi connectivity index (χ0) is 41.2. The number of anilines is 2. The van der Waals surface area contributed by atoms with Crippen LogP contribution in [0, 0.1) is 5.82 Å². The Balaban J connectivity index is 1.21. The van der Waals surface area contributed by atoms with Crippen molar-refractivity contribution < 1.29 is 50.6 Å². The number of nitrogens with one attached hydrogen (secondary N) is 2. The van der Waals surface area contributed by atoms with Gasteiger partial charge in [-0.2, -0.15) is 0 Å². The number of esters is 1. The first-order valence-corrected chi connectivity index (χ1v) is 19.6. The van der Waals surface area contributed by atoms with Gasteiger partial charge in [0.2, 0.25) is 5.91 Å². The van der Waals surface area contributed by atoms with Gasteiger partial charge in [0.15, 0.2) is 0 Å². The van der Waals surface area contributed by atoms with E-state index in [4.69, 9.17) is 33.7 Å². The molecule has 2 aromatic heterocycles. The molecule has 4 aromatic carbocycles. The zero-order valence-corrected chi connectivity index (χ0v) is 31.6. The van der Waals surface area contributed by atoms with E-state index in [0.29, 0.717) is 5.56 Å². The Bertz CT molecular complexity index is 2850. The van der Waals surface area contributed by atoms with Gasteiger partial charge in [-0.3, -0.25) is 14.2 Å². The maximum Gasteiger partial charge on any atom is 0.347 e. The quantitative estimate of drug-likeness (QED) is 0.0498. The fraction of sp³-hybridized carbons (Fsp3) is 0. The third-order valence-electron chi connectivity index (χ3n) is 8.00. The number of phenolic OH excluding ortho intramolecular Hbond substituents is 1. The number of hydrogen-bond acceptors (Lipinski definition) is 11. The number of carbonyl (C=O) groups is 3. The molecule has 0 aliphatic heterocycles. The number of halogens is 3. The minimum atomic E-state index is -4.43. The van der Waals surface area contributed by atoms with E-state index in [0.717, 1.165) is 54.9 Å². The number of carbonyl (C=O) groups excluding carboxylic acids is 2. The highest BCUT2D eigenvalue weighted by molar-refractivity contribution is 7.93. The number of nitrogens with two attached hydrogens (primary N) is 1. The number of sulfonamides is 2. The van der Waals surface area contributed by atoms with Crippen LogP contribution in [-0.4, -0.2) is 54.9 Å². The van der Waals surface area contributed by atoms with Crippen LogP contribution < -0.4 is 19.9 Å². The molecular weight excluding hydrogens is 828 g/mol. The molecule has 290 valence electrons. The van der Waals surface area contributed by atoms with Crippen molar-refractivity contribution in [2.24, 2.45) is 5.73 Å². The number of ether oxygens (including phenoxy) is 1. The number of carboxylic acid groups (broad SMARTS) is 1. The molecule has 0 bridgehead atoms. The zero-order valence-electron chi connectivity index (χ0n) is 28.5. The molecule has 0 saturated heterocycles. The summed E-state index contributed by atoms with van der Waals surface area (Å²) in [7, 11) is -8.82. The molecule has 0 unspecified atom stereocenters. The van der Waals surface area contributed by atoms with Crippen molar-refractivity contribution in [3.8, 4) is 33.8 Å². The van der Waals surface area contributed by atoms with Crippen LogP contribution in [-0.2, 0) is 20.0 Å². The number of primary amides is 1. The van der Waals surface area contributed by atoms with Crippen LogP contribution in [0.3, 0.4) is 0 Å². The molecule has 6 N–H and O–H groups in total. The summed E-state index contributed by atoms with van der Waals surface area (Å²) in [6.07, 6.45) is 1.94. The fourth-order valence-corrected chi connectivity index (χ4v) is 7.69. The molecule has 0 radical (unpaired) electrons. The van der Waals surface area contributed by atoms with E-state index in [-0.39, 0.29) is 53.7 Å². The Hall–Kier alpha value is -6.60. The first-order chi connectivity index (χ1) is 26.9. The van der Waals surface area contributed by atoms with E-state index in [2.05, 4.69) is 19.4 Å². The predicted octanol–water partition coefficient (Wildman–Crippen LogP) is 6.58. The molecule has 2 heterocycles. The number of nitrogens with zero attached hydrogens (tertiary/aromatic N) is 2. The lowest BCUT2D eigenvalue weighted by Gasteiger charge is -2.14. The van der Waals surface area contributed by atoms with Gasteiger partial charge in [-0.25, -0.2) is 40.8 Å². The van der Waals surface area contributed by atoms with Gasteiger partial charge in [-0.15, -0.1) is 0 Å². The third-order valence-corrected chi connectivity index (χ3v) is 11.3. The highest BCUT2D eigenvalue weighted by Crippen LogP contribution is 2.33. The molecule has 1 amide bonds. The lowest BCUT2D eigenvalue weighted by Crippen LogP contribution is -2.16. The smallest absolute Gasteiger partial charge is 0.347 e. The molecule has 0 aliphatic rings. The Kier molecular flexibility index (Phi) is 11.2. The van der Waals surface area contributed by atoms with Crippen LogP contribution >= 0.6 is 23.2 Å². The van der Waals surface area contributed by atoms with Gasteiger partial charge in [-0.05, 0) is 71.8 Å². The average Bonchev–Trinajstić information content (AvgIpc) is 3.14. The largest absolute Gasteiger partial charge is 0.507 e. The van der Waals surface area contributed by atoms with Crippen LogP contribution in [0.5, 0.6) is 11.5 Å². The number of phenols is 1. The van der Waals surface area contributed by atoms with Crippen LogP contribution in [0.25, 0.3) is 22.3 Å². The SMILES string of the molecule is NC(=O)c1ccc(-c2cc(S(=O)(=O)Nc3ccc(C(=O)O)c(OC(=O)c4ccc(NS(=O)(=O)c5cnc(Cl)c(-c6cccc(F)c6)c5)cc4O)c3)cnc2Cl)cc1. The lowest BCUT2D eigenvalue weighted by molar-refractivity contribution is 0.0680. The second kappa shape index (κ2) is 15.9. The predicted molar refractivity (Wildman–Crippen MR) is 206 cm³/mol. The standard InChI is InChI=1S/C37H24Cl2FN5O10S2/c38-33-29(19-4-6-20(7-5-19)35(41)47)15-25(17-42-33)57(53,54)45-24-9-11-28(36(48)49)32(14-24)55-37(50)27-10-8-23(13-31(27)46)44-56(51,52)26-16-30(34(39)43-18-26)21-2-1-3-22(40)12-21/h1-18,44-46H,(H2,41,47)(H,48,49). The average molecular weight is 853 g/mol. The van der Waals surface area contributed by atoms with Gasteiger partial charge < -0.3 is 20.7 Å². The van der Waals surface area contributed by atoms with Crippen molar-refractivity contribution in [3.05, 3.63) is 142 Å². The molecule has 57 heavy (non-hydrogen) atoms. The number of aromatic nitrogens is 2. The van der Waals surface area contributed by atoms with Crippen molar-refractivity contribution in [1.29, 1.82) is 0 Å². The number of carboxylic acids is 1. The van der Waals surface area contributed by atoms with Crippen LogP contribution in [0.2, 0.25) is 10.3 Å². The summed E-state index contributed by atoms with van der Waals surface area (Å²) in [5.74, 6) is -5.50. The van der Waals surface area contributed by atoms with Crippen molar-refractivity contribution in [2.75, 3.05) is 9.44 Å². The van der Waals surface area contributed by atoms with E-state index < -0.39 is 66.3 Å². The number of benzene rings is 4. The molecular formula is C37H24Cl2FN5O10S2. The molecule has 0 atom stereocenters. The topological polar surface area (TPSA) is 245 Å². The Morgan fingerprint density at radius 2 is 1.25 bits per heavy atom. The van der Waals surface area contributed by atoms with Gasteiger partial charge in [0, 0.05) is 41.2 Å². The minimum Gasteiger partial charge on any atom is -0.507 e. The molecule has 15 nitrogen and oxygen atoms in total. The lowest BCUT2D eigenvalue weighted by atomic mass is 10.1. The van der Waals surface area contributed by atoms with Crippen LogP contribution in [0.4, 0.5) is 15.8 Å². The summed E-state index contributed by atoms with van der Waals surface area (Å²) in [6.45, 7) is 0. The van der Waals surface area contributed by atoms with E-state index in [1.54, 1.807) is 0 Å². The van der Waals surface area contributed by atoms with Gasteiger partial charge in [-0.1, -0.05) is 47.5 Å². The number of rotatable bonds is 12. The number of aromatic carboxylic acids is 1. The second-order valence-corrected chi connectivity index (χ2v) is 15.9. The fourth-order valence-electron chi connectivity index (χ4n) is 5.22. The van der Waals surface area contributed by atoms with Crippen LogP contribution in [0.15, 0.2) is 119 Å². The third kappa shape index (κ3) is 8.94. The summed E-state index contributed by atoms with van der Waals surface area (Å²) in [6, 6.07) is 19.4. The monoisotopic (exact) mass is 851 g/mol. The first-order valence-electron chi connectivity index (χ1n) is 15.9. The van der Waals surface area contributed by atoms with E-state index in [1.807, 2.05) is 0 Å².